The molecule has 2 N–H and O–H groups in total. The highest BCUT2D eigenvalue weighted by molar-refractivity contribution is 5.32. The van der Waals surface area contributed by atoms with Gasteiger partial charge in [-0.1, -0.05) is 0 Å². The van der Waals surface area contributed by atoms with Crippen LogP contribution in [0.1, 0.15) is 19.3 Å². The van der Waals surface area contributed by atoms with Crippen LogP contribution in [0.5, 0.6) is 11.6 Å². The number of rotatable bonds is 3. The molecule has 0 bridgehead atoms. The van der Waals surface area contributed by atoms with Gasteiger partial charge in [0.15, 0.2) is 5.75 Å². The van der Waals surface area contributed by atoms with Gasteiger partial charge in [-0.3, -0.25) is 0 Å². The van der Waals surface area contributed by atoms with Gasteiger partial charge in [0.2, 0.25) is 0 Å². The first-order chi connectivity index (χ1) is 7.31. The predicted molar refractivity (Wildman–Crippen MR) is 57.0 cm³/mol. The van der Waals surface area contributed by atoms with E-state index in [0.717, 1.165) is 19.3 Å². The quantitative estimate of drug-likeness (QED) is 0.814. The van der Waals surface area contributed by atoms with Crippen molar-refractivity contribution < 1.29 is 9.47 Å². The smallest absolute Gasteiger partial charge is 0.257 e. The van der Waals surface area contributed by atoms with E-state index in [1.54, 1.807) is 13.3 Å². The molecule has 0 radical (unpaired) electrons. The van der Waals surface area contributed by atoms with E-state index in [-0.39, 0.29) is 12.1 Å². The summed E-state index contributed by atoms with van der Waals surface area (Å²) in [5, 5.41) is 0. The largest absolute Gasteiger partial charge is 0.491 e. The van der Waals surface area contributed by atoms with Crippen molar-refractivity contribution in [1.29, 1.82) is 0 Å². The fourth-order valence-corrected chi connectivity index (χ4v) is 1.86. The van der Waals surface area contributed by atoms with Gasteiger partial charge in [-0.05, 0) is 31.4 Å². The van der Waals surface area contributed by atoms with Crippen LogP contribution in [-0.2, 0) is 0 Å². The third-order valence-corrected chi connectivity index (χ3v) is 2.72. The van der Waals surface area contributed by atoms with Gasteiger partial charge >= 0.3 is 0 Å². The zero-order chi connectivity index (χ0) is 10.7. The van der Waals surface area contributed by atoms with Crippen LogP contribution in [0.4, 0.5) is 0 Å². The van der Waals surface area contributed by atoms with Crippen LogP contribution in [-0.4, -0.2) is 24.2 Å². The van der Waals surface area contributed by atoms with Crippen LogP contribution < -0.4 is 15.2 Å². The molecule has 1 aliphatic carbocycles. The second-order valence-corrected chi connectivity index (χ2v) is 3.76. The molecule has 0 spiro atoms. The minimum Gasteiger partial charge on any atom is -0.491 e. The Labute approximate surface area is 89.4 Å². The molecule has 15 heavy (non-hydrogen) atoms. The third-order valence-electron chi connectivity index (χ3n) is 2.72. The Kier molecular flexibility index (Phi) is 3.06. The fourth-order valence-electron chi connectivity index (χ4n) is 1.86. The van der Waals surface area contributed by atoms with Crippen LogP contribution in [0.25, 0.3) is 0 Å². The number of aromatic nitrogens is 1. The molecule has 0 aromatic carbocycles. The number of hydrogen-bond donors (Lipinski definition) is 1. The van der Waals surface area contributed by atoms with E-state index in [1.807, 2.05) is 12.1 Å². The lowest BCUT2D eigenvalue weighted by atomic mass is 10.2. The molecule has 4 heteroatoms. The number of pyridine rings is 1. The van der Waals surface area contributed by atoms with Crippen molar-refractivity contribution in [3.63, 3.8) is 0 Å². The van der Waals surface area contributed by atoms with E-state index in [4.69, 9.17) is 15.2 Å². The summed E-state index contributed by atoms with van der Waals surface area (Å²) in [5.74, 6) is 1.21. The fraction of sp³-hybridized carbons (Fsp3) is 0.545. The average Bonchev–Trinajstić information content (AvgIpc) is 2.65. The first-order valence-corrected chi connectivity index (χ1v) is 5.22. The van der Waals surface area contributed by atoms with Crippen LogP contribution in [0.15, 0.2) is 18.3 Å². The molecule has 2 atom stereocenters. The highest BCUT2D eigenvalue weighted by Crippen LogP contribution is 2.28. The second kappa shape index (κ2) is 4.49. The standard InChI is InChI=1S/C11H16N2O2/c1-14-10-6-3-7-13-11(10)15-9-5-2-4-8(9)12/h3,6-9H,2,4-5,12H2,1H3. The maximum atomic E-state index is 5.92. The zero-order valence-corrected chi connectivity index (χ0v) is 8.85. The third kappa shape index (κ3) is 2.21. The predicted octanol–water partition coefficient (Wildman–Crippen LogP) is 1.35. The van der Waals surface area contributed by atoms with E-state index in [9.17, 15) is 0 Å². The Morgan fingerprint density at radius 2 is 2.33 bits per heavy atom. The molecule has 2 rings (SSSR count). The molecule has 0 saturated heterocycles. The minimum absolute atomic E-state index is 0.0776. The van der Waals surface area contributed by atoms with Crippen molar-refractivity contribution in [2.45, 2.75) is 31.4 Å². The molecular formula is C11H16N2O2. The van der Waals surface area contributed by atoms with Crippen molar-refractivity contribution >= 4 is 0 Å². The summed E-state index contributed by atoms with van der Waals surface area (Å²) in [5.41, 5.74) is 5.92. The molecule has 1 saturated carbocycles. The minimum atomic E-state index is 0.0776. The van der Waals surface area contributed by atoms with Gasteiger partial charge < -0.3 is 15.2 Å². The van der Waals surface area contributed by atoms with Gasteiger partial charge in [-0.2, -0.15) is 0 Å². The molecule has 1 aliphatic rings. The van der Waals surface area contributed by atoms with Crippen molar-refractivity contribution in [1.82, 2.24) is 4.98 Å². The van der Waals surface area contributed by atoms with Crippen molar-refractivity contribution in [3.05, 3.63) is 18.3 Å². The van der Waals surface area contributed by atoms with Gasteiger partial charge in [-0.25, -0.2) is 4.98 Å². The van der Waals surface area contributed by atoms with E-state index in [1.165, 1.54) is 0 Å². The first-order valence-electron chi connectivity index (χ1n) is 5.22. The number of nitrogens with zero attached hydrogens (tertiary/aromatic N) is 1. The van der Waals surface area contributed by atoms with E-state index in [0.29, 0.717) is 11.6 Å². The lowest BCUT2D eigenvalue weighted by Crippen LogP contribution is -2.33. The van der Waals surface area contributed by atoms with Crippen molar-refractivity contribution in [3.8, 4) is 11.6 Å². The van der Waals surface area contributed by atoms with E-state index >= 15 is 0 Å². The SMILES string of the molecule is COc1cccnc1OC1CCCC1N. The summed E-state index contributed by atoms with van der Waals surface area (Å²) in [7, 11) is 1.61. The van der Waals surface area contributed by atoms with Gasteiger partial charge in [0.25, 0.3) is 5.88 Å². The van der Waals surface area contributed by atoms with Crippen molar-refractivity contribution in [2.75, 3.05) is 7.11 Å². The molecule has 1 aromatic rings. The summed E-state index contributed by atoms with van der Waals surface area (Å²) in [6.07, 6.45) is 4.92. The topological polar surface area (TPSA) is 57.4 Å². The Morgan fingerprint density at radius 3 is 3.00 bits per heavy atom. The van der Waals surface area contributed by atoms with Gasteiger partial charge in [0, 0.05) is 12.2 Å². The van der Waals surface area contributed by atoms with Crippen LogP contribution in [0, 0.1) is 0 Å². The molecular weight excluding hydrogens is 192 g/mol. The Hall–Kier alpha value is -1.29. The maximum absolute atomic E-state index is 5.92. The highest BCUT2D eigenvalue weighted by atomic mass is 16.5. The van der Waals surface area contributed by atoms with Gasteiger partial charge in [0.05, 0.1) is 7.11 Å². The molecule has 82 valence electrons. The normalized spacial score (nSPS) is 25.2. The molecule has 0 amide bonds. The Morgan fingerprint density at radius 1 is 1.47 bits per heavy atom. The molecule has 1 fully saturated rings. The number of methoxy groups -OCH3 is 1. The van der Waals surface area contributed by atoms with Crippen LogP contribution in [0.2, 0.25) is 0 Å². The Balaban J connectivity index is 2.09. The molecule has 2 unspecified atom stereocenters. The summed E-state index contributed by atoms with van der Waals surface area (Å²) < 4.78 is 10.9. The van der Waals surface area contributed by atoms with Crippen LogP contribution in [0.3, 0.4) is 0 Å². The molecule has 1 aromatic heterocycles. The van der Waals surface area contributed by atoms with E-state index < -0.39 is 0 Å². The second-order valence-electron chi connectivity index (χ2n) is 3.76. The zero-order valence-electron chi connectivity index (χ0n) is 8.85. The monoisotopic (exact) mass is 208 g/mol. The lowest BCUT2D eigenvalue weighted by Gasteiger charge is -2.18. The summed E-state index contributed by atoms with van der Waals surface area (Å²) in [6.45, 7) is 0. The number of hydrogen-bond acceptors (Lipinski definition) is 4. The molecule has 0 aliphatic heterocycles. The lowest BCUT2D eigenvalue weighted by molar-refractivity contribution is 0.176. The van der Waals surface area contributed by atoms with Gasteiger partial charge in [-0.15, -0.1) is 0 Å². The van der Waals surface area contributed by atoms with E-state index in [2.05, 4.69) is 4.98 Å². The molecule has 4 nitrogen and oxygen atoms in total. The summed E-state index contributed by atoms with van der Waals surface area (Å²) >= 11 is 0. The number of nitrogens with two attached hydrogens (primary N) is 1. The van der Waals surface area contributed by atoms with Crippen molar-refractivity contribution in [2.24, 2.45) is 5.73 Å². The average molecular weight is 208 g/mol. The highest BCUT2D eigenvalue weighted by Gasteiger charge is 2.26. The number of ether oxygens (including phenoxy) is 2. The van der Waals surface area contributed by atoms with Gasteiger partial charge in [0.1, 0.15) is 6.10 Å². The summed E-state index contributed by atoms with van der Waals surface area (Å²) in [4.78, 5) is 4.14. The summed E-state index contributed by atoms with van der Waals surface area (Å²) in [6, 6.07) is 3.78. The Bertz CT molecular complexity index is 330. The maximum Gasteiger partial charge on any atom is 0.257 e. The van der Waals surface area contributed by atoms with Crippen LogP contribution >= 0.6 is 0 Å². The first kappa shape index (κ1) is 10.2. The molecule has 1 heterocycles.